The Morgan fingerprint density at radius 1 is 1.24 bits per heavy atom. The second-order valence-electron chi connectivity index (χ2n) is 4.63. The lowest BCUT2D eigenvalue weighted by atomic mass is 10.0. The summed E-state index contributed by atoms with van der Waals surface area (Å²) in [5, 5.41) is 3.55. The van der Waals surface area contributed by atoms with Crippen LogP contribution in [-0.4, -0.2) is 12.6 Å². The molecule has 0 amide bonds. The second-order valence-corrected chi connectivity index (χ2v) is 4.63. The minimum atomic E-state index is -0.132. The predicted octanol–water partition coefficient (Wildman–Crippen LogP) is 3.93. The molecule has 0 aliphatic carbocycles. The zero-order chi connectivity index (χ0) is 12.5. The van der Waals surface area contributed by atoms with Crippen LogP contribution in [0.3, 0.4) is 0 Å². The fraction of sp³-hybridized carbons (Fsp3) is 0.600. The number of halogens is 1. The van der Waals surface area contributed by atoms with E-state index in [1.165, 1.54) is 25.3 Å². The van der Waals surface area contributed by atoms with Crippen LogP contribution in [0.1, 0.15) is 45.1 Å². The van der Waals surface area contributed by atoms with E-state index in [4.69, 9.17) is 0 Å². The molecule has 1 aromatic rings. The number of benzene rings is 1. The average molecular weight is 237 g/mol. The number of unbranched alkanes of at least 4 members (excludes halogenated alkanes) is 1. The second kappa shape index (κ2) is 8.24. The van der Waals surface area contributed by atoms with Crippen LogP contribution in [0.2, 0.25) is 0 Å². The summed E-state index contributed by atoms with van der Waals surface area (Å²) in [7, 11) is 0. The van der Waals surface area contributed by atoms with Gasteiger partial charge in [-0.05, 0) is 43.5 Å². The average Bonchev–Trinajstić information content (AvgIpc) is 2.32. The zero-order valence-corrected chi connectivity index (χ0v) is 11.0. The highest BCUT2D eigenvalue weighted by Gasteiger charge is 2.08. The van der Waals surface area contributed by atoms with Crippen LogP contribution in [0.5, 0.6) is 0 Å². The Bertz CT molecular complexity index is 304. The Morgan fingerprint density at radius 2 is 2.06 bits per heavy atom. The van der Waals surface area contributed by atoms with Crippen molar-refractivity contribution in [3.8, 4) is 0 Å². The SMILES string of the molecule is CCCCC(Cc1cccc(F)c1)NCCC. The molecule has 0 saturated heterocycles. The molecule has 0 spiro atoms. The lowest BCUT2D eigenvalue weighted by Gasteiger charge is -2.18. The van der Waals surface area contributed by atoms with Crippen molar-refractivity contribution >= 4 is 0 Å². The highest BCUT2D eigenvalue weighted by Crippen LogP contribution is 2.10. The number of nitrogens with one attached hydrogen (secondary N) is 1. The maximum atomic E-state index is 13.1. The van der Waals surface area contributed by atoms with Crippen molar-refractivity contribution in [2.24, 2.45) is 0 Å². The molecule has 0 aromatic heterocycles. The van der Waals surface area contributed by atoms with Crippen LogP contribution >= 0.6 is 0 Å². The molecule has 1 unspecified atom stereocenters. The van der Waals surface area contributed by atoms with Gasteiger partial charge in [-0.15, -0.1) is 0 Å². The highest BCUT2D eigenvalue weighted by atomic mass is 19.1. The summed E-state index contributed by atoms with van der Waals surface area (Å²) in [5.41, 5.74) is 1.09. The highest BCUT2D eigenvalue weighted by molar-refractivity contribution is 5.17. The third-order valence-corrected chi connectivity index (χ3v) is 2.96. The predicted molar refractivity (Wildman–Crippen MR) is 71.7 cm³/mol. The first kappa shape index (κ1) is 14.2. The molecule has 0 radical (unpaired) electrons. The molecule has 96 valence electrons. The van der Waals surface area contributed by atoms with Crippen LogP contribution < -0.4 is 5.32 Å². The first-order valence-corrected chi connectivity index (χ1v) is 6.74. The lowest BCUT2D eigenvalue weighted by Crippen LogP contribution is -2.31. The molecule has 2 heteroatoms. The van der Waals surface area contributed by atoms with Crippen LogP contribution in [0.25, 0.3) is 0 Å². The maximum absolute atomic E-state index is 13.1. The van der Waals surface area contributed by atoms with Gasteiger partial charge < -0.3 is 5.32 Å². The maximum Gasteiger partial charge on any atom is 0.123 e. The summed E-state index contributed by atoms with van der Waals surface area (Å²) in [6, 6.07) is 7.44. The van der Waals surface area contributed by atoms with E-state index in [0.717, 1.165) is 24.9 Å². The van der Waals surface area contributed by atoms with Crippen molar-refractivity contribution in [2.75, 3.05) is 6.54 Å². The number of hydrogen-bond acceptors (Lipinski definition) is 1. The Balaban J connectivity index is 2.51. The summed E-state index contributed by atoms with van der Waals surface area (Å²) < 4.78 is 13.1. The molecule has 0 aliphatic rings. The van der Waals surface area contributed by atoms with Crippen molar-refractivity contribution in [3.63, 3.8) is 0 Å². The quantitative estimate of drug-likeness (QED) is 0.722. The van der Waals surface area contributed by atoms with Gasteiger partial charge in [0.05, 0.1) is 0 Å². The molecule has 1 rings (SSSR count). The third kappa shape index (κ3) is 5.83. The van der Waals surface area contributed by atoms with E-state index in [0.29, 0.717) is 6.04 Å². The first-order valence-electron chi connectivity index (χ1n) is 6.74. The van der Waals surface area contributed by atoms with Gasteiger partial charge in [-0.3, -0.25) is 0 Å². The van der Waals surface area contributed by atoms with E-state index >= 15 is 0 Å². The van der Waals surface area contributed by atoms with Gasteiger partial charge in [0.2, 0.25) is 0 Å². The lowest BCUT2D eigenvalue weighted by molar-refractivity contribution is 0.461. The minimum Gasteiger partial charge on any atom is -0.314 e. The molecule has 1 aromatic carbocycles. The first-order chi connectivity index (χ1) is 8.26. The van der Waals surface area contributed by atoms with Crippen LogP contribution in [0, 0.1) is 5.82 Å². The van der Waals surface area contributed by atoms with Gasteiger partial charge >= 0.3 is 0 Å². The molecule has 1 N–H and O–H groups in total. The fourth-order valence-electron chi connectivity index (χ4n) is 2.02. The Labute approximate surface area is 104 Å². The van der Waals surface area contributed by atoms with E-state index in [9.17, 15) is 4.39 Å². The normalized spacial score (nSPS) is 12.6. The summed E-state index contributed by atoms with van der Waals surface area (Å²) in [6.45, 7) is 5.43. The van der Waals surface area contributed by atoms with Crippen LogP contribution in [0.15, 0.2) is 24.3 Å². The molecule has 0 saturated carbocycles. The van der Waals surface area contributed by atoms with E-state index in [2.05, 4.69) is 19.2 Å². The largest absolute Gasteiger partial charge is 0.314 e. The van der Waals surface area contributed by atoms with Crippen LogP contribution in [-0.2, 0) is 6.42 Å². The molecule has 0 heterocycles. The van der Waals surface area contributed by atoms with Gasteiger partial charge in [0, 0.05) is 6.04 Å². The molecule has 1 nitrogen and oxygen atoms in total. The van der Waals surface area contributed by atoms with Gasteiger partial charge in [-0.25, -0.2) is 4.39 Å². The van der Waals surface area contributed by atoms with E-state index in [1.807, 2.05) is 6.07 Å². The molecular formula is C15H24FN. The molecule has 0 fully saturated rings. The van der Waals surface area contributed by atoms with Crippen LogP contribution in [0.4, 0.5) is 4.39 Å². The smallest absolute Gasteiger partial charge is 0.123 e. The summed E-state index contributed by atoms with van der Waals surface area (Å²) >= 11 is 0. The number of rotatable bonds is 8. The van der Waals surface area contributed by atoms with Gasteiger partial charge in [0.1, 0.15) is 5.82 Å². The van der Waals surface area contributed by atoms with E-state index < -0.39 is 0 Å². The standard InChI is InChI=1S/C15H24FN/c1-3-5-9-15(17-10-4-2)12-13-7-6-8-14(16)11-13/h6-8,11,15,17H,3-5,9-10,12H2,1-2H3. The molecule has 17 heavy (non-hydrogen) atoms. The van der Waals surface area contributed by atoms with Gasteiger partial charge in [0.15, 0.2) is 0 Å². The Hall–Kier alpha value is -0.890. The fourth-order valence-corrected chi connectivity index (χ4v) is 2.02. The van der Waals surface area contributed by atoms with Gasteiger partial charge in [0.25, 0.3) is 0 Å². The van der Waals surface area contributed by atoms with Crippen molar-refractivity contribution < 1.29 is 4.39 Å². The van der Waals surface area contributed by atoms with Gasteiger partial charge in [-0.1, -0.05) is 38.8 Å². The molecular weight excluding hydrogens is 213 g/mol. The summed E-state index contributed by atoms with van der Waals surface area (Å²) in [5.74, 6) is -0.132. The Morgan fingerprint density at radius 3 is 2.71 bits per heavy atom. The van der Waals surface area contributed by atoms with E-state index in [1.54, 1.807) is 12.1 Å². The number of hydrogen-bond donors (Lipinski definition) is 1. The topological polar surface area (TPSA) is 12.0 Å². The summed E-state index contributed by atoms with van der Waals surface area (Å²) in [6.07, 6.45) is 5.70. The Kier molecular flexibility index (Phi) is 6.87. The van der Waals surface area contributed by atoms with Crippen molar-refractivity contribution in [1.82, 2.24) is 5.32 Å². The van der Waals surface area contributed by atoms with E-state index in [-0.39, 0.29) is 5.82 Å². The van der Waals surface area contributed by atoms with Crippen molar-refractivity contribution in [2.45, 2.75) is 52.0 Å². The molecule has 0 aliphatic heterocycles. The van der Waals surface area contributed by atoms with Crippen molar-refractivity contribution in [3.05, 3.63) is 35.6 Å². The third-order valence-electron chi connectivity index (χ3n) is 2.96. The molecule has 1 atom stereocenters. The summed E-state index contributed by atoms with van der Waals surface area (Å²) in [4.78, 5) is 0. The van der Waals surface area contributed by atoms with Crippen molar-refractivity contribution in [1.29, 1.82) is 0 Å². The van der Waals surface area contributed by atoms with Gasteiger partial charge in [-0.2, -0.15) is 0 Å². The monoisotopic (exact) mass is 237 g/mol. The minimum absolute atomic E-state index is 0.132. The zero-order valence-electron chi connectivity index (χ0n) is 11.0. The molecule has 0 bridgehead atoms.